The van der Waals surface area contributed by atoms with Crippen LogP contribution >= 0.6 is 0 Å². The summed E-state index contributed by atoms with van der Waals surface area (Å²) < 4.78 is 5.17. The molecule has 17 heavy (non-hydrogen) atoms. The van der Waals surface area contributed by atoms with Crippen molar-refractivity contribution in [2.45, 2.75) is 58.6 Å². The second-order valence-corrected chi connectivity index (χ2v) is 5.99. The van der Waals surface area contributed by atoms with Crippen molar-refractivity contribution >= 4 is 6.09 Å². The van der Waals surface area contributed by atoms with Gasteiger partial charge >= 0.3 is 6.09 Å². The van der Waals surface area contributed by atoms with Gasteiger partial charge in [-0.2, -0.15) is 0 Å². The molecule has 1 unspecified atom stereocenters. The van der Waals surface area contributed by atoms with Gasteiger partial charge in [0.1, 0.15) is 5.60 Å². The maximum absolute atomic E-state index is 11.4. The summed E-state index contributed by atoms with van der Waals surface area (Å²) in [5.74, 6) is 0.846. The zero-order chi connectivity index (χ0) is 12.9. The van der Waals surface area contributed by atoms with Gasteiger partial charge in [0.05, 0.1) is 0 Å². The molecule has 1 aliphatic carbocycles. The minimum absolute atomic E-state index is 0.295. The predicted octanol–water partition coefficient (Wildman–Crippen LogP) is 2.29. The van der Waals surface area contributed by atoms with Gasteiger partial charge in [-0.25, -0.2) is 4.79 Å². The summed E-state index contributed by atoms with van der Waals surface area (Å²) in [7, 11) is 0. The van der Waals surface area contributed by atoms with Crippen LogP contribution in [0.3, 0.4) is 0 Å². The lowest BCUT2D eigenvalue weighted by Gasteiger charge is -2.27. The Hall–Kier alpha value is -0.770. The second-order valence-electron chi connectivity index (χ2n) is 5.99. The molecule has 4 nitrogen and oxygen atoms in total. The van der Waals surface area contributed by atoms with E-state index in [1.165, 1.54) is 19.3 Å². The maximum Gasteiger partial charge on any atom is 0.407 e. The molecule has 1 saturated carbocycles. The van der Waals surface area contributed by atoms with Gasteiger partial charge in [-0.3, -0.25) is 0 Å². The molecule has 0 aromatic heterocycles. The van der Waals surface area contributed by atoms with Crippen LogP contribution < -0.4 is 10.6 Å². The predicted molar refractivity (Wildman–Crippen MR) is 69.0 cm³/mol. The molecular formula is C13H26N2O2. The first-order valence-electron chi connectivity index (χ1n) is 6.57. The molecule has 4 heteroatoms. The number of hydrogen-bond donors (Lipinski definition) is 2. The minimum atomic E-state index is -0.424. The van der Waals surface area contributed by atoms with Gasteiger partial charge in [-0.15, -0.1) is 0 Å². The SMILES string of the molecule is CC(CNC(=O)OC(C)(C)C)NCC1CCC1. The van der Waals surface area contributed by atoms with Crippen LogP contribution in [-0.2, 0) is 4.74 Å². The minimum Gasteiger partial charge on any atom is -0.444 e. The van der Waals surface area contributed by atoms with Crippen molar-refractivity contribution in [3.63, 3.8) is 0 Å². The highest BCUT2D eigenvalue weighted by Crippen LogP contribution is 2.25. The largest absolute Gasteiger partial charge is 0.444 e. The van der Waals surface area contributed by atoms with E-state index in [9.17, 15) is 4.79 Å². The molecule has 0 heterocycles. The van der Waals surface area contributed by atoms with Gasteiger partial charge in [-0.1, -0.05) is 6.42 Å². The Labute approximate surface area is 104 Å². The Morgan fingerprint density at radius 2 is 2.06 bits per heavy atom. The molecule has 0 aromatic carbocycles. The van der Waals surface area contributed by atoms with Gasteiger partial charge in [-0.05, 0) is 53.0 Å². The highest BCUT2D eigenvalue weighted by atomic mass is 16.6. The zero-order valence-electron chi connectivity index (χ0n) is 11.5. The van der Waals surface area contributed by atoms with Gasteiger partial charge in [0.2, 0.25) is 0 Å². The molecule has 1 amide bonds. The molecule has 0 spiro atoms. The third-order valence-corrected chi connectivity index (χ3v) is 2.93. The number of rotatable bonds is 5. The number of carbonyl (C=O) groups excluding carboxylic acids is 1. The molecule has 0 bridgehead atoms. The van der Waals surface area contributed by atoms with Crippen LogP contribution in [-0.4, -0.2) is 30.8 Å². The van der Waals surface area contributed by atoms with Crippen LogP contribution in [0.1, 0.15) is 47.0 Å². The van der Waals surface area contributed by atoms with Crippen molar-refractivity contribution in [3.05, 3.63) is 0 Å². The fourth-order valence-electron chi connectivity index (χ4n) is 1.69. The number of hydrogen-bond acceptors (Lipinski definition) is 3. The monoisotopic (exact) mass is 242 g/mol. The summed E-state index contributed by atoms with van der Waals surface area (Å²) in [6, 6.07) is 0.295. The average molecular weight is 242 g/mol. The Balaban J connectivity index is 2.05. The normalized spacial score (nSPS) is 18.4. The lowest BCUT2D eigenvalue weighted by Crippen LogP contribution is -2.43. The first-order valence-corrected chi connectivity index (χ1v) is 6.57. The van der Waals surface area contributed by atoms with Crippen LogP contribution in [0.2, 0.25) is 0 Å². The molecule has 2 N–H and O–H groups in total. The molecule has 100 valence electrons. The molecular weight excluding hydrogens is 216 g/mol. The van der Waals surface area contributed by atoms with E-state index in [0.717, 1.165) is 12.5 Å². The van der Waals surface area contributed by atoms with Crippen molar-refractivity contribution in [1.82, 2.24) is 10.6 Å². The summed E-state index contributed by atoms with van der Waals surface area (Å²) in [4.78, 5) is 11.4. The van der Waals surface area contributed by atoms with E-state index in [1.54, 1.807) is 0 Å². The van der Waals surface area contributed by atoms with E-state index in [-0.39, 0.29) is 6.09 Å². The third-order valence-electron chi connectivity index (χ3n) is 2.93. The summed E-state index contributed by atoms with van der Waals surface area (Å²) >= 11 is 0. The lowest BCUT2D eigenvalue weighted by atomic mass is 9.85. The van der Waals surface area contributed by atoms with Crippen LogP contribution in [0.15, 0.2) is 0 Å². The van der Waals surface area contributed by atoms with Crippen molar-refractivity contribution in [2.24, 2.45) is 5.92 Å². The zero-order valence-corrected chi connectivity index (χ0v) is 11.5. The van der Waals surface area contributed by atoms with Crippen LogP contribution in [0.5, 0.6) is 0 Å². The number of ether oxygens (including phenoxy) is 1. The van der Waals surface area contributed by atoms with Crippen molar-refractivity contribution in [1.29, 1.82) is 0 Å². The Kier molecular flexibility index (Phi) is 5.25. The third kappa shape index (κ3) is 6.51. The first-order chi connectivity index (χ1) is 7.87. The van der Waals surface area contributed by atoms with Gasteiger partial charge in [0, 0.05) is 12.6 Å². The maximum atomic E-state index is 11.4. The highest BCUT2D eigenvalue weighted by Gasteiger charge is 2.19. The lowest BCUT2D eigenvalue weighted by molar-refractivity contribution is 0.0523. The number of amides is 1. The molecule has 0 aromatic rings. The van der Waals surface area contributed by atoms with E-state index < -0.39 is 5.60 Å². The summed E-state index contributed by atoms with van der Waals surface area (Å²) in [5.41, 5.74) is -0.424. The van der Waals surface area contributed by atoms with E-state index in [4.69, 9.17) is 4.74 Å². The van der Waals surface area contributed by atoms with Crippen molar-refractivity contribution < 1.29 is 9.53 Å². The smallest absolute Gasteiger partial charge is 0.407 e. The number of carbonyl (C=O) groups is 1. The molecule has 1 aliphatic rings. The molecule has 0 saturated heterocycles. The van der Waals surface area contributed by atoms with Crippen LogP contribution in [0.4, 0.5) is 4.79 Å². The molecule has 1 atom stereocenters. The summed E-state index contributed by atoms with van der Waals surface area (Å²) in [5, 5.41) is 6.21. The Morgan fingerprint density at radius 1 is 1.41 bits per heavy atom. The van der Waals surface area contributed by atoms with E-state index in [2.05, 4.69) is 17.6 Å². The standard InChI is InChI=1S/C13H26N2O2/c1-10(14-9-11-6-5-7-11)8-15-12(16)17-13(2,3)4/h10-11,14H,5-9H2,1-4H3,(H,15,16). The fourth-order valence-corrected chi connectivity index (χ4v) is 1.69. The first kappa shape index (κ1) is 14.3. The summed E-state index contributed by atoms with van der Waals surface area (Å²) in [6.07, 6.45) is 3.73. The van der Waals surface area contributed by atoms with Crippen molar-refractivity contribution in [3.8, 4) is 0 Å². The molecule has 0 aliphatic heterocycles. The fraction of sp³-hybridized carbons (Fsp3) is 0.923. The molecule has 1 rings (SSSR count). The van der Waals surface area contributed by atoms with Crippen LogP contribution in [0, 0.1) is 5.92 Å². The molecule has 1 fully saturated rings. The van der Waals surface area contributed by atoms with E-state index in [0.29, 0.717) is 12.6 Å². The van der Waals surface area contributed by atoms with Gasteiger partial charge in [0.15, 0.2) is 0 Å². The van der Waals surface area contributed by atoms with Crippen LogP contribution in [0.25, 0.3) is 0 Å². The number of nitrogens with one attached hydrogen (secondary N) is 2. The number of alkyl carbamates (subject to hydrolysis) is 1. The van der Waals surface area contributed by atoms with Gasteiger partial charge in [0.25, 0.3) is 0 Å². The van der Waals surface area contributed by atoms with Crippen molar-refractivity contribution in [2.75, 3.05) is 13.1 Å². The quantitative estimate of drug-likeness (QED) is 0.777. The Bertz CT molecular complexity index is 244. The molecule has 0 radical (unpaired) electrons. The summed E-state index contributed by atoms with van der Waals surface area (Å²) in [6.45, 7) is 9.36. The Morgan fingerprint density at radius 3 is 2.53 bits per heavy atom. The van der Waals surface area contributed by atoms with E-state index in [1.807, 2.05) is 20.8 Å². The topological polar surface area (TPSA) is 50.4 Å². The average Bonchev–Trinajstić information content (AvgIpc) is 2.09. The highest BCUT2D eigenvalue weighted by molar-refractivity contribution is 5.67. The van der Waals surface area contributed by atoms with Gasteiger partial charge < -0.3 is 15.4 Å². The van der Waals surface area contributed by atoms with E-state index >= 15 is 0 Å². The second kappa shape index (κ2) is 6.24.